The lowest BCUT2D eigenvalue weighted by molar-refractivity contribution is -0.126. The van der Waals surface area contributed by atoms with Crippen LogP contribution < -0.4 is 5.32 Å². The SMILES string of the molecule is CNC1=C(C(C)=O)[C@H](c2ccccc2Cl)N(C)C1=O. The van der Waals surface area contributed by atoms with E-state index >= 15 is 0 Å². The molecule has 0 saturated carbocycles. The summed E-state index contributed by atoms with van der Waals surface area (Å²) in [4.78, 5) is 25.6. The van der Waals surface area contributed by atoms with E-state index in [9.17, 15) is 9.59 Å². The third kappa shape index (κ3) is 2.12. The van der Waals surface area contributed by atoms with Crippen molar-refractivity contribution in [3.05, 3.63) is 46.1 Å². The van der Waals surface area contributed by atoms with Crippen LogP contribution in [0.25, 0.3) is 0 Å². The molecule has 0 spiro atoms. The molecule has 1 aliphatic rings. The first-order chi connectivity index (χ1) is 8.99. The van der Waals surface area contributed by atoms with Crippen LogP contribution in [0.3, 0.4) is 0 Å². The standard InChI is InChI=1S/C14H15ClN2O2/c1-8(18)11-12(16-2)14(19)17(3)13(11)9-6-4-5-7-10(9)15/h4-7,13,16H,1-3H3/t13-/m0/s1. The molecule has 0 fully saturated rings. The number of hydrogen-bond donors (Lipinski definition) is 1. The van der Waals surface area contributed by atoms with Gasteiger partial charge in [-0.25, -0.2) is 0 Å². The lowest BCUT2D eigenvalue weighted by Crippen LogP contribution is -2.28. The number of carbonyl (C=O) groups is 2. The Bertz CT molecular complexity index is 581. The molecule has 5 heteroatoms. The second kappa shape index (κ2) is 5.05. The molecule has 2 rings (SSSR count). The smallest absolute Gasteiger partial charge is 0.270 e. The Kier molecular flexibility index (Phi) is 3.62. The number of Topliss-reactive ketones (excluding diaryl/α,β-unsaturated/α-hetero) is 1. The van der Waals surface area contributed by atoms with Crippen molar-refractivity contribution >= 4 is 23.3 Å². The number of hydrogen-bond acceptors (Lipinski definition) is 3. The number of benzene rings is 1. The third-order valence-electron chi connectivity index (χ3n) is 3.29. The molecule has 1 atom stereocenters. The maximum Gasteiger partial charge on any atom is 0.270 e. The summed E-state index contributed by atoms with van der Waals surface area (Å²) in [5, 5.41) is 3.36. The second-order valence-corrected chi connectivity index (χ2v) is 4.84. The van der Waals surface area contributed by atoms with Gasteiger partial charge in [0, 0.05) is 19.1 Å². The topological polar surface area (TPSA) is 49.4 Å². The number of nitrogens with one attached hydrogen (secondary N) is 1. The summed E-state index contributed by atoms with van der Waals surface area (Å²) in [6, 6.07) is 6.82. The molecule has 0 saturated heterocycles. The molecular weight excluding hydrogens is 264 g/mol. The Morgan fingerprint density at radius 3 is 2.53 bits per heavy atom. The van der Waals surface area contributed by atoms with E-state index in [1.807, 2.05) is 18.2 Å². The molecule has 0 aromatic heterocycles. The van der Waals surface area contributed by atoms with Crippen LogP contribution in [0.5, 0.6) is 0 Å². The van der Waals surface area contributed by atoms with Crippen molar-refractivity contribution in [1.29, 1.82) is 0 Å². The first-order valence-electron chi connectivity index (χ1n) is 5.93. The predicted octanol–water partition coefficient (Wildman–Crippen LogP) is 1.92. The first kappa shape index (κ1) is 13.6. The lowest BCUT2D eigenvalue weighted by Gasteiger charge is -2.23. The first-order valence-corrected chi connectivity index (χ1v) is 6.31. The maximum atomic E-state index is 12.2. The minimum absolute atomic E-state index is 0.132. The van der Waals surface area contributed by atoms with Gasteiger partial charge in [-0.15, -0.1) is 0 Å². The zero-order valence-corrected chi connectivity index (χ0v) is 11.8. The van der Waals surface area contributed by atoms with Crippen molar-refractivity contribution in [2.75, 3.05) is 14.1 Å². The van der Waals surface area contributed by atoms with Crippen LogP contribution in [0.4, 0.5) is 0 Å². The van der Waals surface area contributed by atoms with Crippen LogP contribution in [0, 0.1) is 0 Å². The number of amides is 1. The fraction of sp³-hybridized carbons (Fsp3) is 0.286. The van der Waals surface area contributed by atoms with Gasteiger partial charge in [-0.3, -0.25) is 9.59 Å². The van der Waals surface area contributed by atoms with Crippen molar-refractivity contribution in [1.82, 2.24) is 10.2 Å². The van der Waals surface area contributed by atoms with Gasteiger partial charge < -0.3 is 10.2 Å². The fourth-order valence-electron chi connectivity index (χ4n) is 2.41. The molecule has 100 valence electrons. The summed E-state index contributed by atoms with van der Waals surface area (Å²) in [5.74, 6) is -0.329. The maximum absolute atomic E-state index is 12.2. The van der Waals surface area contributed by atoms with E-state index in [1.54, 1.807) is 20.2 Å². The third-order valence-corrected chi connectivity index (χ3v) is 3.64. The van der Waals surface area contributed by atoms with Gasteiger partial charge in [-0.2, -0.15) is 0 Å². The van der Waals surface area contributed by atoms with Gasteiger partial charge in [0.15, 0.2) is 5.78 Å². The van der Waals surface area contributed by atoms with Crippen molar-refractivity contribution in [2.24, 2.45) is 0 Å². The lowest BCUT2D eigenvalue weighted by atomic mass is 9.96. The summed E-state index contributed by atoms with van der Waals surface area (Å²) in [6.45, 7) is 1.46. The number of halogens is 1. The monoisotopic (exact) mass is 278 g/mol. The number of ketones is 1. The average Bonchev–Trinajstić information content (AvgIpc) is 2.63. The van der Waals surface area contributed by atoms with E-state index < -0.39 is 6.04 Å². The van der Waals surface area contributed by atoms with E-state index in [0.717, 1.165) is 5.56 Å². The van der Waals surface area contributed by atoms with Crippen LogP contribution in [-0.2, 0) is 9.59 Å². The molecule has 0 unspecified atom stereocenters. The van der Waals surface area contributed by atoms with Gasteiger partial charge in [-0.1, -0.05) is 29.8 Å². The molecule has 0 bridgehead atoms. The molecule has 1 amide bonds. The number of rotatable bonds is 3. The van der Waals surface area contributed by atoms with E-state index in [0.29, 0.717) is 16.3 Å². The second-order valence-electron chi connectivity index (χ2n) is 4.43. The van der Waals surface area contributed by atoms with E-state index in [-0.39, 0.29) is 11.7 Å². The van der Waals surface area contributed by atoms with Crippen LogP contribution >= 0.6 is 11.6 Å². The van der Waals surface area contributed by atoms with Crippen LogP contribution in [0.2, 0.25) is 5.02 Å². The Balaban J connectivity index is 2.62. The van der Waals surface area contributed by atoms with E-state index in [2.05, 4.69) is 5.32 Å². The van der Waals surface area contributed by atoms with Gasteiger partial charge in [0.2, 0.25) is 0 Å². The molecule has 0 aliphatic carbocycles. The average molecular weight is 279 g/mol. The molecule has 0 radical (unpaired) electrons. The van der Waals surface area contributed by atoms with Crippen molar-refractivity contribution in [3.8, 4) is 0 Å². The summed E-state index contributed by atoms with van der Waals surface area (Å²) in [6.07, 6.45) is 0. The molecule has 1 aromatic rings. The van der Waals surface area contributed by atoms with Gasteiger partial charge in [0.1, 0.15) is 5.70 Å². The zero-order valence-electron chi connectivity index (χ0n) is 11.0. The Morgan fingerprint density at radius 1 is 1.37 bits per heavy atom. The molecule has 4 nitrogen and oxygen atoms in total. The van der Waals surface area contributed by atoms with Gasteiger partial charge in [-0.05, 0) is 18.6 Å². The van der Waals surface area contributed by atoms with Gasteiger partial charge >= 0.3 is 0 Å². The van der Waals surface area contributed by atoms with Gasteiger partial charge in [0.25, 0.3) is 5.91 Å². The Labute approximate surface area is 117 Å². The highest BCUT2D eigenvalue weighted by molar-refractivity contribution is 6.31. The molecular formula is C14H15ClN2O2. The highest BCUT2D eigenvalue weighted by Crippen LogP contribution is 2.39. The summed E-state index contributed by atoms with van der Waals surface area (Å²) in [7, 11) is 3.31. The molecule has 1 heterocycles. The largest absolute Gasteiger partial charge is 0.383 e. The van der Waals surface area contributed by atoms with E-state index in [4.69, 9.17) is 11.6 Å². The summed E-state index contributed by atoms with van der Waals surface area (Å²) in [5.41, 5.74) is 1.57. The molecule has 1 aliphatic heterocycles. The zero-order chi connectivity index (χ0) is 14.2. The van der Waals surface area contributed by atoms with Crippen molar-refractivity contribution in [3.63, 3.8) is 0 Å². The quantitative estimate of drug-likeness (QED) is 0.919. The van der Waals surface area contributed by atoms with Gasteiger partial charge in [0.05, 0.1) is 11.6 Å². The fourth-order valence-corrected chi connectivity index (χ4v) is 2.65. The van der Waals surface area contributed by atoms with E-state index in [1.165, 1.54) is 11.8 Å². The Hall–Kier alpha value is -1.81. The highest BCUT2D eigenvalue weighted by atomic mass is 35.5. The predicted molar refractivity (Wildman–Crippen MR) is 73.7 cm³/mol. The van der Waals surface area contributed by atoms with Crippen molar-refractivity contribution < 1.29 is 9.59 Å². The van der Waals surface area contributed by atoms with Crippen LogP contribution in [0.15, 0.2) is 35.5 Å². The normalized spacial score (nSPS) is 19.1. The number of likely N-dealkylation sites (N-methyl/N-ethyl adjacent to an activating group) is 2. The summed E-state index contributed by atoms with van der Waals surface area (Å²) < 4.78 is 0. The number of carbonyl (C=O) groups excluding carboxylic acids is 2. The van der Waals surface area contributed by atoms with Crippen molar-refractivity contribution in [2.45, 2.75) is 13.0 Å². The Morgan fingerprint density at radius 2 is 2.00 bits per heavy atom. The number of nitrogens with zero attached hydrogens (tertiary/aromatic N) is 1. The molecule has 1 aromatic carbocycles. The van der Waals surface area contributed by atoms with Crippen LogP contribution in [0.1, 0.15) is 18.5 Å². The minimum Gasteiger partial charge on any atom is -0.383 e. The summed E-state index contributed by atoms with van der Waals surface area (Å²) >= 11 is 6.19. The highest BCUT2D eigenvalue weighted by Gasteiger charge is 2.40. The minimum atomic E-state index is -0.429. The molecule has 19 heavy (non-hydrogen) atoms. The van der Waals surface area contributed by atoms with Crippen LogP contribution in [-0.4, -0.2) is 30.7 Å². The molecule has 1 N–H and O–H groups in total.